The van der Waals surface area contributed by atoms with Crippen LogP contribution in [0.15, 0.2) is 54.7 Å². The van der Waals surface area contributed by atoms with Crippen LogP contribution in [-0.2, 0) is 13.2 Å². The predicted molar refractivity (Wildman–Crippen MR) is 110 cm³/mol. The molecule has 0 aliphatic carbocycles. The minimum atomic E-state index is 0.371. The summed E-state index contributed by atoms with van der Waals surface area (Å²) in [4.78, 5) is 4.04. The Morgan fingerprint density at radius 1 is 0.926 bits per heavy atom. The van der Waals surface area contributed by atoms with Gasteiger partial charge in [0.15, 0.2) is 11.5 Å². The van der Waals surface area contributed by atoms with Crippen LogP contribution in [0.3, 0.4) is 0 Å². The predicted octanol–water partition coefficient (Wildman–Crippen LogP) is 6.24. The molecule has 7 heteroatoms. The first-order valence-electron chi connectivity index (χ1n) is 8.14. The summed E-state index contributed by atoms with van der Waals surface area (Å²) in [6, 6.07) is 14.7. The molecule has 1 heterocycles. The summed E-state index contributed by atoms with van der Waals surface area (Å²) >= 11 is 18.0. The molecule has 0 fully saturated rings. The highest BCUT2D eigenvalue weighted by Crippen LogP contribution is 2.30. The third-order valence-electron chi connectivity index (χ3n) is 3.82. The third-order valence-corrected chi connectivity index (χ3v) is 4.61. The van der Waals surface area contributed by atoms with Gasteiger partial charge in [-0.05, 0) is 42.0 Å². The molecular formula is C20H17Cl3N2O2. The Bertz CT molecular complexity index is 918. The van der Waals surface area contributed by atoms with E-state index in [4.69, 9.17) is 44.3 Å². The van der Waals surface area contributed by atoms with Crippen LogP contribution in [0.2, 0.25) is 15.2 Å². The van der Waals surface area contributed by atoms with Gasteiger partial charge in [-0.2, -0.15) is 0 Å². The first-order chi connectivity index (χ1) is 13.0. The van der Waals surface area contributed by atoms with Crippen molar-refractivity contribution >= 4 is 40.5 Å². The third kappa shape index (κ3) is 5.42. The monoisotopic (exact) mass is 422 g/mol. The SMILES string of the molecule is COc1cc(CNc2cc(Cl)ccc2Cl)ccc1OCc1ccc(Cl)nc1. The summed E-state index contributed by atoms with van der Waals surface area (Å²) < 4.78 is 11.3. The average molecular weight is 424 g/mol. The first-order valence-corrected chi connectivity index (χ1v) is 9.27. The molecule has 0 atom stereocenters. The highest BCUT2D eigenvalue weighted by Gasteiger charge is 2.08. The van der Waals surface area contributed by atoms with Gasteiger partial charge in [0.05, 0.1) is 17.8 Å². The van der Waals surface area contributed by atoms with E-state index in [0.717, 1.165) is 16.8 Å². The molecule has 3 rings (SSSR count). The number of halogens is 3. The quantitative estimate of drug-likeness (QED) is 0.457. The lowest BCUT2D eigenvalue weighted by Crippen LogP contribution is -2.02. The summed E-state index contributed by atoms with van der Waals surface area (Å²) in [5, 5.41) is 4.96. The molecule has 1 N–H and O–H groups in total. The molecule has 0 amide bonds. The Balaban J connectivity index is 1.66. The number of benzene rings is 2. The van der Waals surface area contributed by atoms with Crippen molar-refractivity contribution in [2.45, 2.75) is 13.2 Å². The summed E-state index contributed by atoms with van der Waals surface area (Å²) in [5.74, 6) is 1.30. The molecule has 140 valence electrons. The van der Waals surface area contributed by atoms with Gasteiger partial charge in [-0.3, -0.25) is 0 Å². The number of hydrogen-bond donors (Lipinski definition) is 1. The number of pyridine rings is 1. The molecule has 1 aromatic heterocycles. The molecule has 27 heavy (non-hydrogen) atoms. The number of nitrogens with zero attached hydrogens (tertiary/aromatic N) is 1. The second-order valence-corrected chi connectivity index (χ2v) is 6.97. The number of rotatable bonds is 7. The van der Waals surface area contributed by atoms with Crippen molar-refractivity contribution in [1.29, 1.82) is 0 Å². The molecule has 0 spiro atoms. The second kappa shape index (κ2) is 9.18. The van der Waals surface area contributed by atoms with Crippen LogP contribution in [0.5, 0.6) is 11.5 Å². The maximum atomic E-state index is 6.18. The van der Waals surface area contributed by atoms with Crippen LogP contribution < -0.4 is 14.8 Å². The molecule has 0 aliphatic rings. The fourth-order valence-electron chi connectivity index (χ4n) is 2.42. The zero-order valence-corrected chi connectivity index (χ0v) is 16.8. The number of methoxy groups -OCH3 is 1. The topological polar surface area (TPSA) is 43.4 Å². The lowest BCUT2D eigenvalue weighted by Gasteiger charge is -2.13. The average Bonchev–Trinajstić information content (AvgIpc) is 2.68. The van der Waals surface area contributed by atoms with Crippen molar-refractivity contribution in [3.63, 3.8) is 0 Å². The number of nitrogens with one attached hydrogen (secondary N) is 1. The number of ether oxygens (including phenoxy) is 2. The fraction of sp³-hybridized carbons (Fsp3) is 0.150. The smallest absolute Gasteiger partial charge is 0.161 e. The van der Waals surface area contributed by atoms with Crippen LogP contribution in [-0.4, -0.2) is 12.1 Å². The second-order valence-electron chi connectivity index (χ2n) is 5.74. The molecule has 0 bridgehead atoms. The normalized spacial score (nSPS) is 10.5. The maximum Gasteiger partial charge on any atom is 0.161 e. The first kappa shape index (κ1) is 19.6. The molecule has 4 nitrogen and oxygen atoms in total. The molecular weight excluding hydrogens is 407 g/mol. The van der Waals surface area contributed by atoms with Crippen LogP contribution in [0.25, 0.3) is 0 Å². The van der Waals surface area contributed by atoms with Gasteiger partial charge in [0.1, 0.15) is 11.8 Å². The van der Waals surface area contributed by atoms with Crippen LogP contribution in [0.1, 0.15) is 11.1 Å². The van der Waals surface area contributed by atoms with Gasteiger partial charge in [-0.25, -0.2) is 4.98 Å². The lowest BCUT2D eigenvalue weighted by molar-refractivity contribution is 0.284. The van der Waals surface area contributed by atoms with Gasteiger partial charge in [0, 0.05) is 23.3 Å². The zero-order chi connectivity index (χ0) is 19.2. The highest BCUT2D eigenvalue weighted by atomic mass is 35.5. The van der Waals surface area contributed by atoms with E-state index in [1.165, 1.54) is 0 Å². The van der Waals surface area contributed by atoms with Gasteiger partial charge in [0.25, 0.3) is 0 Å². The van der Waals surface area contributed by atoms with Crippen molar-refractivity contribution in [3.8, 4) is 11.5 Å². The molecule has 2 aromatic carbocycles. The van der Waals surface area contributed by atoms with Gasteiger partial charge in [-0.15, -0.1) is 0 Å². The Hall–Kier alpha value is -2.14. The van der Waals surface area contributed by atoms with Crippen molar-refractivity contribution in [2.24, 2.45) is 0 Å². The van der Waals surface area contributed by atoms with Crippen LogP contribution >= 0.6 is 34.8 Å². The van der Waals surface area contributed by atoms with E-state index >= 15 is 0 Å². The van der Waals surface area contributed by atoms with Crippen molar-refractivity contribution in [2.75, 3.05) is 12.4 Å². The van der Waals surface area contributed by atoms with Crippen molar-refractivity contribution in [3.05, 3.63) is 81.1 Å². The summed E-state index contributed by atoms with van der Waals surface area (Å²) in [6.45, 7) is 0.939. The Morgan fingerprint density at radius 3 is 2.48 bits per heavy atom. The molecule has 0 unspecified atom stereocenters. The molecule has 3 aromatic rings. The summed E-state index contributed by atoms with van der Waals surface area (Å²) in [7, 11) is 1.61. The minimum Gasteiger partial charge on any atom is -0.493 e. The van der Waals surface area contributed by atoms with Crippen molar-refractivity contribution in [1.82, 2.24) is 4.98 Å². The molecule has 0 saturated carbocycles. The Labute approximate surface area is 173 Å². The van der Waals surface area contributed by atoms with E-state index in [0.29, 0.717) is 39.8 Å². The largest absolute Gasteiger partial charge is 0.493 e. The van der Waals surface area contributed by atoms with E-state index < -0.39 is 0 Å². The van der Waals surface area contributed by atoms with E-state index in [1.54, 1.807) is 37.6 Å². The van der Waals surface area contributed by atoms with E-state index in [1.807, 2.05) is 24.3 Å². The number of aromatic nitrogens is 1. The minimum absolute atomic E-state index is 0.371. The van der Waals surface area contributed by atoms with E-state index in [2.05, 4.69) is 10.3 Å². The maximum absolute atomic E-state index is 6.18. The summed E-state index contributed by atoms with van der Waals surface area (Å²) in [6.07, 6.45) is 1.68. The molecule has 0 aliphatic heterocycles. The summed E-state index contributed by atoms with van der Waals surface area (Å²) in [5.41, 5.74) is 2.71. The van der Waals surface area contributed by atoms with Crippen LogP contribution in [0.4, 0.5) is 5.69 Å². The Morgan fingerprint density at radius 2 is 1.74 bits per heavy atom. The fourth-order valence-corrected chi connectivity index (χ4v) is 2.89. The number of anilines is 1. The van der Waals surface area contributed by atoms with Gasteiger partial charge in [-0.1, -0.05) is 46.9 Å². The van der Waals surface area contributed by atoms with Crippen molar-refractivity contribution < 1.29 is 9.47 Å². The number of hydrogen-bond acceptors (Lipinski definition) is 4. The van der Waals surface area contributed by atoms with Gasteiger partial charge >= 0.3 is 0 Å². The highest BCUT2D eigenvalue weighted by molar-refractivity contribution is 6.35. The van der Waals surface area contributed by atoms with Gasteiger partial charge in [0.2, 0.25) is 0 Å². The molecule has 0 radical (unpaired) electrons. The van der Waals surface area contributed by atoms with Gasteiger partial charge < -0.3 is 14.8 Å². The molecule has 0 saturated heterocycles. The van der Waals surface area contributed by atoms with Crippen LogP contribution in [0, 0.1) is 0 Å². The van der Waals surface area contributed by atoms with E-state index in [-0.39, 0.29) is 0 Å². The standard InChI is InChI=1S/C20H17Cl3N2O2/c1-26-19-8-13(10-24-17-9-15(21)4-5-16(17)22)2-6-18(19)27-12-14-3-7-20(23)25-11-14/h2-9,11,24H,10,12H2,1H3. The zero-order valence-electron chi connectivity index (χ0n) is 14.5. The Kier molecular flexibility index (Phi) is 6.67. The van der Waals surface area contributed by atoms with E-state index in [9.17, 15) is 0 Å². The lowest BCUT2D eigenvalue weighted by atomic mass is 10.2.